The van der Waals surface area contributed by atoms with Crippen LogP contribution < -0.4 is 51.4 Å². The number of hydrogen-bond acceptors (Lipinski definition) is 4. The molecule has 0 rings (SSSR count). The fourth-order valence-electron chi connectivity index (χ4n) is 2.54. The number of rotatable bonds is 13. The summed E-state index contributed by atoms with van der Waals surface area (Å²) >= 11 is 0. The molecule has 0 spiro atoms. The van der Waals surface area contributed by atoms with Gasteiger partial charge in [-0.3, -0.25) is 9.59 Å². The molecule has 0 aromatic rings. The van der Waals surface area contributed by atoms with Gasteiger partial charge in [0.2, 0.25) is 0 Å². The summed E-state index contributed by atoms with van der Waals surface area (Å²) in [7, 11) is 0. The summed E-state index contributed by atoms with van der Waals surface area (Å²) in [5.41, 5.74) is -1.37. The van der Waals surface area contributed by atoms with Crippen molar-refractivity contribution < 1.29 is 81.8 Å². The van der Waals surface area contributed by atoms with Crippen LogP contribution in [0, 0.1) is 16.7 Å². The summed E-state index contributed by atoms with van der Waals surface area (Å²) in [6.45, 7) is 7.10. The quantitative estimate of drug-likeness (QED) is 0.317. The maximum absolute atomic E-state index is 11.0. The summed E-state index contributed by atoms with van der Waals surface area (Å²) in [6, 6.07) is 0. The van der Waals surface area contributed by atoms with Crippen molar-refractivity contribution in [2.45, 2.75) is 79.1 Å². The molecule has 4 N–H and O–H groups in total. The van der Waals surface area contributed by atoms with E-state index in [0.29, 0.717) is 12.8 Å². The van der Waals surface area contributed by atoms with Crippen LogP contribution in [0.5, 0.6) is 0 Å². The Kier molecular flexibility index (Phi) is 17.6. The Morgan fingerprint density at radius 3 is 1.36 bits per heavy atom. The molecular weight excluding hydrogens is 351 g/mol. The summed E-state index contributed by atoms with van der Waals surface area (Å²) in [5.74, 6) is -1.30. The first kappa shape index (κ1) is 30.2. The van der Waals surface area contributed by atoms with Gasteiger partial charge in [0.05, 0.1) is 10.8 Å². The molecule has 0 heterocycles. The average Bonchev–Trinajstić information content (AvgIpc) is 2.45. The Morgan fingerprint density at radius 1 is 0.800 bits per heavy atom. The molecule has 0 radical (unpaired) electrons. The van der Waals surface area contributed by atoms with Crippen LogP contribution in [0.4, 0.5) is 0 Å². The molecule has 0 amide bonds. The molecule has 0 unspecified atom stereocenters. The molecule has 0 aliphatic carbocycles. The fraction of sp³-hybridized carbons (Fsp3) is 0.889. The molecule has 0 fully saturated rings. The number of aliphatic hydroxyl groups excluding tert-OH is 1. The Balaban J connectivity index is -0.00000242. The molecule has 0 aromatic carbocycles. The summed E-state index contributed by atoms with van der Waals surface area (Å²) < 4.78 is 0. The van der Waals surface area contributed by atoms with Gasteiger partial charge < -0.3 is 20.8 Å². The zero-order valence-electron chi connectivity index (χ0n) is 16.5. The van der Waals surface area contributed by atoms with Gasteiger partial charge >= 0.3 is 63.3 Å². The van der Waals surface area contributed by atoms with Gasteiger partial charge in [-0.2, -0.15) is 0 Å². The summed E-state index contributed by atoms with van der Waals surface area (Å²) in [6.07, 6.45) is 6.62. The standard InChI is InChI=1S/C18H34O5.K.H2O/c1-17(2,15(20)21)11-7-5-9-14(13-19)10-6-8-12-18(3,4)16(22)23;;/h14,19H,5-13H2,1-4H3,(H,20,21)(H,22,23);;1H2/q;+1;/p-1. The molecule has 0 bridgehead atoms. The van der Waals surface area contributed by atoms with Crippen molar-refractivity contribution in [3.8, 4) is 0 Å². The van der Waals surface area contributed by atoms with Crippen molar-refractivity contribution in [3.63, 3.8) is 0 Å². The van der Waals surface area contributed by atoms with Crippen molar-refractivity contribution in [2.75, 3.05) is 6.61 Å². The van der Waals surface area contributed by atoms with Gasteiger partial charge in [-0.25, -0.2) is 0 Å². The van der Waals surface area contributed by atoms with Crippen molar-refractivity contribution in [1.82, 2.24) is 0 Å². The zero-order valence-corrected chi connectivity index (χ0v) is 19.7. The van der Waals surface area contributed by atoms with Crippen molar-refractivity contribution in [2.24, 2.45) is 16.7 Å². The van der Waals surface area contributed by atoms with Crippen LogP contribution in [0.3, 0.4) is 0 Å². The summed E-state index contributed by atoms with van der Waals surface area (Å²) in [4.78, 5) is 22.1. The molecule has 0 saturated heterocycles. The Labute approximate surface area is 194 Å². The number of carboxylic acid groups (broad SMARTS) is 2. The van der Waals surface area contributed by atoms with Crippen LogP contribution in [0.25, 0.3) is 0 Å². The van der Waals surface area contributed by atoms with Gasteiger partial charge in [0, 0.05) is 6.61 Å². The zero-order chi connectivity index (χ0) is 18.1. The average molecular weight is 387 g/mol. The minimum Gasteiger partial charge on any atom is -0.870 e. The second kappa shape index (κ2) is 14.5. The van der Waals surface area contributed by atoms with E-state index in [-0.39, 0.29) is 69.4 Å². The molecule has 0 saturated carbocycles. The number of aliphatic hydroxyl groups is 1. The van der Waals surface area contributed by atoms with Gasteiger partial charge in [-0.1, -0.05) is 25.7 Å². The van der Waals surface area contributed by atoms with E-state index in [1.54, 1.807) is 27.7 Å². The number of unbranched alkanes of at least 4 members (excludes halogenated alkanes) is 2. The first-order chi connectivity index (χ1) is 10.5. The third kappa shape index (κ3) is 13.3. The number of aliphatic carboxylic acids is 2. The van der Waals surface area contributed by atoms with Crippen LogP contribution >= 0.6 is 0 Å². The maximum Gasteiger partial charge on any atom is 1.00 e. The van der Waals surface area contributed by atoms with Crippen molar-refractivity contribution >= 4 is 11.9 Å². The second-order valence-electron chi connectivity index (χ2n) is 7.92. The van der Waals surface area contributed by atoms with Crippen LogP contribution in [0.15, 0.2) is 0 Å². The molecule has 144 valence electrons. The smallest absolute Gasteiger partial charge is 0.870 e. The first-order valence-corrected chi connectivity index (χ1v) is 8.60. The predicted octanol–water partition coefficient (Wildman–Crippen LogP) is 0.765. The minimum absolute atomic E-state index is 0. The molecule has 7 heteroatoms. The van der Waals surface area contributed by atoms with Crippen LogP contribution in [-0.2, 0) is 9.59 Å². The molecule has 0 aliphatic rings. The van der Waals surface area contributed by atoms with E-state index < -0.39 is 22.8 Å². The molecule has 6 nitrogen and oxygen atoms in total. The third-order valence-electron chi connectivity index (χ3n) is 4.74. The van der Waals surface area contributed by atoms with E-state index in [2.05, 4.69) is 0 Å². The second-order valence-corrected chi connectivity index (χ2v) is 7.92. The SMILES string of the molecule is CC(C)(CCCCC(CO)CCCCC(C)(C)C(=O)O)C(=O)O.[K+].[OH-]. The van der Waals surface area contributed by atoms with Gasteiger partial charge in [-0.15, -0.1) is 0 Å². The van der Waals surface area contributed by atoms with Gasteiger partial charge in [0.15, 0.2) is 0 Å². The normalized spacial score (nSPS) is 11.6. The van der Waals surface area contributed by atoms with Crippen LogP contribution in [-0.4, -0.2) is 39.3 Å². The molecule has 0 aliphatic heterocycles. The monoisotopic (exact) mass is 386 g/mol. The third-order valence-corrected chi connectivity index (χ3v) is 4.74. The fourth-order valence-corrected chi connectivity index (χ4v) is 2.54. The van der Waals surface area contributed by atoms with Crippen LogP contribution in [0.1, 0.15) is 79.1 Å². The largest absolute Gasteiger partial charge is 1.00 e. The van der Waals surface area contributed by atoms with Gasteiger partial charge in [0.25, 0.3) is 0 Å². The molecule has 0 atom stereocenters. The minimum atomic E-state index is -0.766. The van der Waals surface area contributed by atoms with Gasteiger partial charge in [-0.05, 0) is 59.3 Å². The van der Waals surface area contributed by atoms with Crippen molar-refractivity contribution in [3.05, 3.63) is 0 Å². The number of carboxylic acids is 2. The van der Waals surface area contributed by atoms with Gasteiger partial charge in [0.1, 0.15) is 0 Å². The van der Waals surface area contributed by atoms with Crippen LogP contribution in [0.2, 0.25) is 0 Å². The van der Waals surface area contributed by atoms with E-state index in [4.69, 9.17) is 10.2 Å². The topological polar surface area (TPSA) is 125 Å². The summed E-state index contributed by atoms with van der Waals surface area (Å²) in [5, 5.41) is 27.6. The van der Waals surface area contributed by atoms with E-state index in [1.807, 2.05) is 0 Å². The Hall–Kier alpha value is 0.496. The van der Waals surface area contributed by atoms with E-state index in [0.717, 1.165) is 38.5 Å². The maximum atomic E-state index is 11.0. The Bertz CT molecular complexity index is 348. The van der Waals surface area contributed by atoms with E-state index in [9.17, 15) is 14.7 Å². The molecule has 0 aromatic heterocycles. The molecule has 25 heavy (non-hydrogen) atoms. The number of carbonyl (C=O) groups is 2. The Morgan fingerprint density at radius 2 is 1.12 bits per heavy atom. The van der Waals surface area contributed by atoms with Crippen molar-refractivity contribution in [1.29, 1.82) is 0 Å². The number of hydrogen-bond donors (Lipinski definition) is 3. The van der Waals surface area contributed by atoms with E-state index >= 15 is 0 Å². The molecular formula is C18H35KO6. The first-order valence-electron chi connectivity index (χ1n) is 8.60. The predicted molar refractivity (Wildman–Crippen MR) is 92.3 cm³/mol. The van der Waals surface area contributed by atoms with E-state index in [1.165, 1.54) is 0 Å².